The van der Waals surface area contributed by atoms with Gasteiger partial charge in [-0.05, 0) is 23.8 Å². The molecule has 0 aliphatic carbocycles. The lowest BCUT2D eigenvalue weighted by atomic mass is 10.1. The molecule has 1 heterocycles. The Morgan fingerprint density at radius 1 is 1.21 bits per heavy atom. The van der Waals surface area contributed by atoms with Crippen LogP contribution in [0.25, 0.3) is 0 Å². The van der Waals surface area contributed by atoms with E-state index in [0.717, 1.165) is 17.0 Å². The predicted molar refractivity (Wildman–Crippen MR) is 95.8 cm³/mol. The first-order valence-electron chi connectivity index (χ1n) is 8.45. The molecule has 0 radical (unpaired) electrons. The third-order valence-electron chi connectivity index (χ3n) is 4.33. The molecule has 2 amide bonds. The molecule has 2 aromatic carbocycles. The van der Waals surface area contributed by atoms with Crippen molar-refractivity contribution in [3.05, 3.63) is 69.0 Å². The predicted octanol–water partition coefficient (Wildman–Crippen LogP) is 2.47. The first-order chi connectivity index (χ1) is 13.8. The van der Waals surface area contributed by atoms with Gasteiger partial charge in [0.2, 0.25) is 0 Å². The number of carbonyl (C=O) groups excluding carboxylic acids is 3. The van der Waals surface area contributed by atoms with Crippen LogP contribution in [0, 0.1) is 15.9 Å². The number of amides is 2. The van der Waals surface area contributed by atoms with Crippen molar-refractivity contribution in [2.24, 2.45) is 0 Å². The molecule has 10 heteroatoms. The molecule has 0 atom stereocenters. The van der Waals surface area contributed by atoms with E-state index in [0.29, 0.717) is 5.56 Å². The van der Waals surface area contributed by atoms with E-state index in [2.05, 4.69) is 0 Å². The van der Waals surface area contributed by atoms with E-state index >= 15 is 0 Å². The van der Waals surface area contributed by atoms with Crippen LogP contribution in [0.1, 0.15) is 32.7 Å². The van der Waals surface area contributed by atoms with Crippen LogP contribution in [0.3, 0.4) is 0 Å². The van der Waals surface area contributed by atoms with Gasteiger partial charge in [-0.1, -0.05) is 12.1 Å². The topological polar surface area (TPSA) is 116 Å². The Morgan fingerprint density at radius 2 is 1.97 bits per heavy atom. The molecule has 1 aliphatic heterocycles. The summed E-state index contributed by atoms with van der Waals surface area (Å²) in [7, 11) is 1.33. The first-order valence-corrected chi connectivity index (χ1v) is 8.45. The number of imide groups is 1. The van der Waals surface area contributed by atoms with Gasteiger partial charge in [0.1, 0.15) is 12.2 Å². The number of hydrogen-bond acceptors (Lipinski definition) is 7. The van der Waals surface area contributed by atoms with Gasteiger partial charge >= 0.3 is 5.97 Å². The van der Waals surface area contributed by atoms with Crippen molar-refractivity contribution >= 4 is 23.5 Å². The Labute approximate surface area is 163 Å². The number of carbonyl (C=O) groups is 3. The number of nitrogens with zero attached hydrogens (tertiary/aromatic N) is 2. The molecule has 3 rings (SSSR count). The zero-order valence-corrected chi connectivity index (χ0v) is 15.2. The van der Waals surface area contributed by atoms with Crippen molar-refractivity contribution in [2.45, 2.75) is 13.0 Å². The molecule has 29 heavy (non-hydrogen) atoms. The van der Waals surface area contributed by atoms with Crippen molar-refractivity contribution in [1.82, 2.24) is 4.90 Å². The number of halogens is 1. The largest absolute Gasteiger partial charge is 0.494 e. The number of benzene rings is 2. The fourth-order valence-electron chi connectivity index (χ4n) is 2.91. The van der Waals surface area contributed by atoms with Crippen LogP contribution in [-0.2, 0) is 16.1 Å². The quantitative estimate of drug-likeness (QED) is 0.302. The van der Waals surface area contributed by atoms with E-state index in [1.54, 1.807) is 0 Å². The van der Waals surface area contributed by atoms with Crippen molar-refractivity contribution < 1.29 is 33.2 Å². The summed E-state index contributed by atoms with van der Waals surface area (Å²) in [6, 6.07) is 7.85. The molecule has 0 N–H and O–H groups in total. The second-order valence-corrected chi connectivity index (χ2v) is 6.10. The zero-order valence-electron chi connectivity index (χ0n) is 15.2. The highest BCUT2D eigenvalue weighted by molar-refractivity contribution is 6.23. The second kappa shape index (κ2) is 8.05. The van der Waals surface area contributed by atoms with Crippen LogP contribution >= 0.6 is 0 Å². The molecule has 0 saturated carbocycles. The van der Waals surface area contributed by atoms with Crippen LogP contribution in [0.5, 0.6) is 5.75 Å². The number of methoxy groups -OCH3 is 1. The fraction of sp³-hybridized carbons (Fsp3) is 0.211. The van der Waals surface area contributed by atoms with E-state index in [1.807, 2.05) is 0 Å². The van der Waals surface area contributed by atoms with Crippen molar-refractivity contribution in [2.75, 3.05) is 13.7 Å². The lowest BCUT2D eigenvalue weighted by Gasteiger charge is -2.13. The normalized spacial score (nSPS) is 12.7. The highest BCUT2D eigenvalue weighted by Gasteiger charge is 2.40. The minimum Gasteiger partial charge on any atom is -0.494 e. The molecule has 0 unspecified atom stereocenters. The summed E-state index contributed by atoms with van der Waals surface area (Å²) in [5.41, 5.74) is -0.434. The average molecular weight is 402 g/mol. The molecule has 150 valence electrons. The van der Waals surface area contributed by atoms with E-state index in [-0.39, 0.29) is 36.4 Å². The monoisotopic (exact) mass is 402 g/mol. The van der Waals surface area contributed by atoms with Gasteiger partial charge < -0.3 is 9.47 Å². The Hall–Kier alpha value is -3.82. The molecule has 9 nitrogen and oxygen atoms in total. The Morgan fingerprint density at radius 3 is 2.62 bits per heavy atom. The van der Waals surface area contributed by atoms with Crippen molar-refractivity contribution in [3.63, 3.8) is 0 Å². The third kappa shape index (κ3) is 3.91. The second-order valence-electron chi connectivity index (χ2n) is 6.10. The van der Waals surface area contributed by atoms with Gasteiger partial charge in [0.05, 0.1) is 24.0 Å². The van der Waals surface area contributed by atoms with Gasteiger partial charge in [0, 0.05) is 12.6 Å². The standard InChI is InChI=1S/C19H15FN2O7/c1-28-15-6-5-11(9-13(15)20)10-29-16(23)7-8-21-18(24)12-3-2-4-14(22(26)27)17(12)19(21)25/h2-6,9H,7-8,10H2,1H3. The summed E-state index contributed by atoms with van der Waals surface area (Å²) in [6.45, 7) is -0.493. The number of nitro groups is 1. The van der Waals surface area contributed by atoms with Gasteiger partial charge in [-0.25, -0.2) is 4.39 Å². The molecule has 0 aromatic heterocycles. The number of rotatable bonds is 7. The third-order valence-corrected chi connectivity index (χ3v) is 4.33. The maximum absolute atomic E-state index is 13.6. The molecule has 0 bridgehead atoms. The van der Waals surface area contributed by atoms with Crippen molar-refractivity contribution in [3.8, 4) is 5.75 Å². The highest BCUT2D eigenvalue weighted by atomic mass is 19.1. The van der Waals surface area contributed by atoms with Gasteiger partial charge in [-0.3, -0.25) is 29.4 Å². The maximum Gasteiger partial charge on any atom is 0.307 e. The summed E-state index contributed by atoms with van der Waals surface area (Å²) in [6.07, 6.45) is -0.308. The number of hydrogen-bond donors (Lipinski definition) is 0. The lowest BCUT2D eigenvalue weighted by Crippen LogP contribution is -2.32. The Bertz CT molecular complexity index is 1020. The molecular formula is C19H15FN2O7. The van der Waals surface area contributed by atoms with Gasteiger partial charge in [-0.2, -0.15) is 0 Å². The number of fused-ring (bicyclic) bond motifs is 1. The molecule has 0 saturated heterocycles. The molecule has 0 spiro atoms. The summed E-state index contributed by atoms with van der Waals surface area (Å²) in [4.78, 5) is 47.8. The average Bonchev–Trinajstić information content (AvgIpc) is 2.95. The molecule has 1 aliphatic rings. The maximum atomic E-state index is 13.6. The molecule has 0 fully saturated rings. The van der Waals surface area contributed by atoms with Gasteiger partial charge in [-0.15, -0.1) is 0 Å². The highest BCUT2D eigenvalue weighted by Crippen LogP contribution is 2.30. The van der Waals surface area contributed by atoms with E-state index < -0.39 is 34.2 Å². The summed E-state index contributed by atoms with van der Waals surface area (Å²) in [5.74, 6) is -2.80. The van der Waals surface area contributed by atoms with Crippen molar-refractivity contribution in [1.29, 1.82) is 0 Å². The molecule has 2 aromatic rings. The minimum absolute atomic E-state index is 0.0554. The fourth-order valence-corrected chi connectivity index (χ4v) is 2.91. The summed E-state index contributed by atoms with van der Waals surface area (Å²) >= 11 is 0. The van der Waals surface area contributed by atoms with Crippen LogP contribution < -0.4 is 4.74 Å². The number of esters is 1. The number of ether oxygens (including phenoxy) is 2. The van der Waals surface area contributed by atoms with E-state index in [9.17, 15) is 28.9 Å². The Balaban J connectivity index is 1.60. The smallest absolute Gasteiger partial charge is 0.307 e. The zero-order chi connectivity index (χ0) is 21.1. The SMILES string of the molecule is COc1ccc(COC(=O)CCN2C(=O)c3cccc([N+](=O)[O-])c3C2=O)cc1F. The van der Waals surface area contributed by atoms with Gasteiger partial charge in [0.15, 0.2) is 11.6 Å². The summed E-state index contributed by atoms with van der Waals surface area (Å²) in [5, 5.41) is 11.1. The first kappa shape index (κ1) is 19.9. The van der Waals surface area contributed by atoms with E-state index in [4.69, 9.17) is 9.47 Å². The van der Waals surface area contributed by atoms with Crippen LogP contribution in [-0.4, -0.2) is 41.3 Å². The van der Waals surface area contributed by atoms with Crippen LogP contribution in [0.2, 0.25) is 0 Å². The minimum atomic E-state index is -0.831. The lowest BCUT2D eigenvalue weighted by molar-refractivity contribution is -0.385. The summed E-state index contributed by atoms with van der Waals surface area (Å²) < 4.78 is 23.5. The van der Waals surface area contributed by atoms with Crippen LogP contribution in [0.15, 0.2) is 36.4 Å². The van der Waals surface area contributed by atoms with Gasteiger partial charge in [0.25, 0.3) is 17.5 Å². The number of nitro benzene ring substituents is 1. The molecular weight excluding hydrogens is 387 g/mol. The van der Waals surface area contributed by atoms with E-state index in [1.165, 1.54) is 31.4 Å². The Kier molecular flexibility index (Phi) is 5.53. The van der Waals surface area contributed by atoms with Crippen LogP contribution in [0.4, 0.5) is 10.1 Å².